The minimum absolute atomic E-state index is 0.0142. The molecule has 2 rings (SSSR count). The average molecular weight is 292 g/mol. The lowest BCUT2D eigenvalue weighted by Crippen LogP contribution is -2.46. The molecule has 114 valence electrons. The molecule has 1 saturated heterocycles. The fourth-order valence-corrected chi connectivity index (χ4v) is 2.32. The van der Waals surface area contributed by atoms with E-state index in [0.717, 1.165) is 6.42 Å². The number of amides is 3. The first-order valence-corrected chi connectivity index (χ1v) is 6.87. The van der Waals surface area contributed by atoms with Crippen molar-refractivity contribution in [3.8, 4) is 0 Å². The van der Waals surface area contributed by atoms with Gasteiger partial charge in [-0.15, -0.1) is 0 Å². The number of carbonyl (C=O) groups excluding carboxylic acids is 2. The summed E-state index contributed by atoms with van der Waals surface area (Å²) in [5.74, 6) is -0.0894. The highest BCUT2D eigenvalue weighted by molar-refractivity contribution is 5.96. The molecular weight excluding hydrogens is 272 g/mol. The van der Waals surface area contributed by atoms with E-state index in [-0.39, 0.29) is 12.0 Å². The second-order valence-corrected chi connectivity index (χ2v) is 4.89. The van der Waals surface area contributed by atoms with Crippen LogP contribution in [0.4, 0.5) is 10.5 Å². The Kier molecular flexibility index (Phi) is 5.13. The molecule has 5 N–H and O–H groups in total. The first-order valence-electron chi connectivity index (χ1n) is 6.87. The van der Waals surface area contributed by atoms with Gasteiger partial charge in [-0.25, -0.2) is 4.79 Å². The maximum Gasteiger partial charge on any atom is 0.316 e. The summed E-state index contributed by atoms with van der Waals surface area (Å²) >= 11 is 0. The van der Waals surface area contributed by atoms with Crippen LogP contribution in [0.3, 0.4) is 0 Å². The molecule has 1 aliphatic heterocycles. The van der Waals surface area contributed by atoms with Crippen molar-refractivity contribution in [3.05, 3.63) is 29.8 Å². The third-order valence-electron chi connectivity index (χ3n) is 3.29. The summed E-state index contributed by atoms with van der Waals surface area (Å²) in [6.45, 7) is 2.12. The van der Waals surface area contributed by atoms with Gasteiger partial charge in [0.2, 0.25) is 0 Å². The quantitative estimate of drug-likeness (QED) is 0.744. The van der Waals surface area contributed by atoms with Crippen LogP contribution in [0.5, 0.6) is 0 Å². The number of urea groups is 1. The lowest BCUT2D eigenvalue weighted by atomic mass is 10.1. The largest absolute Gasteiger partial charge is 0.374 e. The molecule has 1 heterocycles. The fraction of sp³-hybridized carbons (Fsp3) is 0.429. The molecule has 0 spiro atoms. The van der Waals surface area contributed by atoms with Gasteiger partial charge in [-0.1, -0.05) is 6.07 Å². The van der Waals surface area contributed by atoms with Crippen LogP contribution in [-0.4, -0.2) is 49.2 Å². The zero-order valence-electron chi connectivity index (χ0n) is 11.7. The molecule has 1 aromatic rings. The molecule has 3 amide bonds. The monoisotopic (exact) mass is 292 g/mol. The predicted molar refractivity (Wildman–Crippen MR) is 79.0 cm³/mol. The molecule has 1 fully saturated rings. The van der Waals surface area contributed by atoms with Crippen LogP contribution in [0.15, 0.2) is 24.3 Å². The van der Waals surface area contributed by atoms with E-state index >= 15 is 0 Å². The number of nitrogens with two attached hydrogens (primary N) is 2. The second kappa shape index (κ2) is 7.05. The smallest absolute Gasteiger partial charge is 0.316 e. The average Bonchev–Trinajstić information content (AvgIpc) is 2.47. The third kappa shape index (κ3) is 4.17. The van der Waals surface area contributed by atoms with Crippen LogP contribution < -0.4 is 16.8 Å². The van der Waals surface area contributed by atoms with Gasteiger partial charge in [0.05, 0.1) is 12.7 Å². The van der Waals surface area contributed by atoms with Gasteiger partial charge in [0.15, 0.2) is 0 Å². The summed E-state index contributed by atoms with van der Waals surface area (Å²) in [7, 11) is 0. The molecule has 7 nitrogen and oxygen atoms in total. The highest BCUT2D eigenvalue weighted by Crippen LogP contribution is 2.15. The molecule has 0 bridgehead atoms. The Morgan fingerprint density at radius 1 is 1.43 bits per heavy atom. The zero-order valence-corrected chi connectivity index (χ0v) is 11.7. The minimum Gasteiger partial charge on any atom is -0.374 e. The number of morpholine rings is 1. The molecular formula is C14H20N4O3. The third-order valence-corrected chi connectivity index (χ3v) is 3.29. The Balaban J connectivity index is 2.06. The number of carbonyl (C=O) groups is 2. The predicted octanol–water partition coefficient (Wildman–Crippen LogP) is 0.367. The summed E-state index contributed by atoms with van der Waals surface area (Å²) in [6.07, 6.45) is 0.715. The Labute approximate surface area is 123 Å². The summed E-state index contributed by atoms with van der Waals surface area (Å²) in [4.78, 5) is 25.1. The summed E-state index contributed by atoms with van der Waals surface area (Å²) in [5.41, 5.74) is 11.6. The van der Waals surface area contributed by atoms with Crippen molar-refractivity contribution in [2.45, 2.75) is 12.5 Å². The number of anilines is 1. The second-order valence-electron chi connectivity index (χ2n) is 4.89. The van der Waals surface area contributed by atoms with Crippen LogP contribution in [0.25, 0.3) is 0 Å². The highest BCUT2D eigenvalue weighted by atomic mass is 16.5. The number of nitrogens with zero attached hydrogens (tertiary/aromatic N) is 1. The zero-order chi connectivity index (χ0) is 15.2. The highest BCUT2D eigenvalue weighted by Gasteiger charge is 2.24. The van der Waals surface area contributed by atoms with E-state index in [9.17, 15) is 9.59 Å². The SMILES string of the molecule is NCCC1CN(C(=O)c2cccc(NC(N)=O)c2)CCO1. The van der Waals surface area contributed by atoms with E-state index in [4.69, 9.17) is 16.2 Å². The number of hydrogen-bond donors (Lipinski definition) is 3. The van der Waals surface area contributed by atoms with Crippen molar-refractivity contribution < 1.29 is 14.3 Å². The summed E-state index contributed by atoms with van der Waals surface area (Å²) in [6, 6.07) is 6.05. The Hall–Kier alpha value is -2.12. The molecule has 7 heteroatoms. The van der Waals surface area contributed by atoms with Gasteiger partial charge in [0, 0.05) is 24.3 Å². The number of benzene rings is 1. The van der Waals surface area contributed by atoms with Gasteiger partial charge in [0.25, 0.3) is 5.91 Å². The molecule has 21 heavy (non-hydrogen) atoms. The Bertz CT molecular complexity index is 519. The standard InChI is InChI=1S/C14H20N4O3/c15-5-4-12-9-18(6-7-21-12)13(19)10-2-1-3-11(8-10)17-14(16)20/h1-3,8,12H,4-7,9,15H2,(H3,16,17,20). The van der Waals surface area contributed by atoms with E-state index in [1.165, 1.54) is 0 Å². The molecule has 0 aromatic heterocycles. The Morgan fingerprint density at radius 2 is 2.24 bits per heavy atom. The maximum atomic E-state index is 12.5. The molecule has 0 aliphatic carbocycles. The summed E-state index contributed by atoms with van der Waals surface area (Å²) < 4.78 is 5.56. The van der Waals surface area contributed by atoms with Gasteiger partial charge in [-0.3, -0.25) is 4.79 Å². The number of primary amides is 1. The van der Waals surface area contributed by atoms with Gasteiger partial charge in [-0.05, 0) is 31.2 Å². The summed E-state index contributed by atoms with van der Waals surface area (Å²) in [5, 5.41) is 2.46. The van der Waals surface area contributed by atoms with Gasteiger partial charge in [-0.2, -0.15) is 0 Å². The van der Waals surface area contributed by atoms with Crippen molar-refractivity contribution in [2.24, 2.45) is 11.5 Å². The molecule has 0 saturated carbocycles. The number of nitrogens with one attached hydrogen (secondary N) is 1. The molecule has 0 radical (unpaired) electrons. The number of ether oxygens (including phenoxy) is 1. The van der Waals surface area contributed by atoms with Crippen molar-refractivity contribution in [3.63, 3.8) is 0 Å². The fourth-order valence-electron chi connectivity index (χ4n) is 2.32. The van der Waals surface area contributed by atoms with Crippen molar-refractivity contribution in [1.29, 1.82) is 0 Å². The normalized spacial score (nSPS) is 18.3. The van der Waals surface area contributed by atoms with Crippen LogP contribution in [0, 0.1) is 0 Å². The Morgan fingerprint density at radius 3 is 2.95 bits per heavy atom. The van der Waals surface area contributed by atoms with E-state index in [2.05, 4.69) is 5.32 Å². The molecule has 1 atom stereocenters. The first-order chi connectivity index (χ1) is 10.1. The van der Waals surface area contributed by atoms with Crippen LogP contribution in [0.2, 0.25) is 0 Å². The maximum absolute atomic E-state index is 12.5. The molecule has 1 unspecified atom stereocenters. The van der Waals surface area contributed by atoms with Crippen molar-refractivity contribution in [1.82, 2.24) is 4.90 Å². The van der Waals surface area contributed by atoms with Crippen LogP contribution >= 0.6 is 0 Å². The molecule has 1 aromatic carbocycles. The van der Waals surface area contributed by atoms with Gasteiger partial charge < -0.3 is 26.4 Å². The van der Waals surface area contributed by atoms with Crippen molar-refractivity contribution in [2.75, 3.05) is 31.6 Å². The molecule has 1 aliphatic rings. The topological polar surface area (TPSA) is 111 Å². The lowest BCUT2D eigenvalue weighted by Gasteiger charge is -2.33. The van der Waals surface area contributed by atoms with E-state index < -0.39 is 6.03 Å². The van der Waals surface area contributed by atoms with Gasteiger partial charge in [0.1, 0.15) is 0 Å². The number of hydrogen-bond acceptors (Lipinski definition) is 4. The van der Waals surface area contributed by atoms with Gasteiger partial charge >= 0.3 is 6.03 Å². The van der Waals surface area contributed by atoms with E-state index in [0.29, 0.717) is 37.5 Å². The van der Waals surface area contributed by atoms with E-state index in [1.54, 1.807) is 29.2 Å². The van der Waals surface area contributed by atoms with Crippen molar-refractivity contribution >= 4 is 17.6 Å². The lowest BCUT2D eigenvalue weighted by molar-refractivity contribution is -0.0236. The minimum atomic E-state index is -0.658. The number of rotatable bonds is 4. The van der Waals surface area contributed by atoms with Crippen LogP contribution in [-0.2, 0) is 4.74 Å². The van der Waals surface area contributed by atoms with E-state index in [1.807, 2.05) is 0 Å². The first kappa shape index (κ1) is 15.3. The van der Waals surface area contributed by atoms with Crippen LogP contribution in [0.1, 0.15) is 16.8 Å².